The maximum atomic E-state index is 12.4. The van der Waals surface area contributed by atoms with Gasteiger partial charge in [-0.05, 0) is 61.6 Å². The van der Waals surface area contributed by atoms with Crippen LogP contribution in [-0.4, -0.2) is 42.3 Å². The number of nitrogens with zero attached hydrogens (tertiary/aromatic N) is 1. The van der Waals surface area contributed by atoms with Crippen LogP contribution < -0.4 is 15.6 Å². The van der Waals surface area contributed by atoms with E-state index in [-0.39, 0.29) is 24.3 Å². The van der Waals surface area contributed by atoms with Crippen LogP contribution in [0.25, 0.3) is 6.08 Å². The van der Waals surface area contributed by atoms with Gasteiger partial charge in [0, 0.05) is 25.1 Å². The van der Waals surface area contributed by atoms with E-state index in [1.165, 1.54) is 0 Å². The summed E-state index contributed by atoms with van der Waals surface area (Å²) in [4.78, 5) is 38.4. The van der Waals surface area contributed by atoms with Gasteiger partial charge in [0.2, 0.25) is 11.8 Å². The SMILES string of the molecule is Cc1ccc(OCC(=O)NNC(=O)C2CCN(C(=O)/C=C/c3ccccc3)CC2)cc1C. The van der Waals surface area contributed by atoms with Crippen LogP contribution in [0.5, 0.6) is 5.75 Å². The third kappa shape index (κ3) is 6.70. The number of amides is 3. The fourth-order valence-electron chi connectivity index (χ4n) is 3.42. The van der Waals surface area contributed by atoms with Crippen LogP contribution >= 0.6 is 0 Å². The zero-order valence-corrected chi connectivity index (χ0v) is 18.5. The van der Waals surface area contributed by atoms with Crippen LogP contribution in [-0.2, 0) is 14.4 Å². The number of piperidine rings is 1. The second-order valence-corrected chi connectivity index (χ2v) is 7.92. The van der Waals surface area contributed by atoms with Gasteiger partial charge in [-0.25, -0.2) is 0 Å². The molecule has 7 nitrogen and oxygen atoms in total. The molecule has 1 saturated heterocycles. The van der Waals surface area contributed by atoms with E-state index in [1.807, 2.05) is 56.3 Å². The molecule has 168 valence electrons. The Hall–Kier alpha value is -3.61. The van der Waals surface area contributed by atoms with Crippen molar-refractivity contribution in [1.82, 2.24) is 15.8 Å². The number of likely N-dealkylation sites (tertiary alicyclic amines) is 1. The highest BCUT2D eigenvalue weighted by Crippen LogP contribution is 2.18. The summed E-state index contributed by atoms with van der Waals surface area (Å²) in [6.07, 6.45) is 4.44. The molecule has 3 rings (SSSR count). The van der Waals surface area contributed by atoms with Gasteiger partial charge in [-0.2, -0.15) is 0 Å². The summed E-state index contributed by atoms with van der Waals surface area (Å²) in [5.74, 6) is -0.401. The van der Waals surface area contributed by atoms with E-state index in [1.54, 1.807) is 23.1 Å². The second kappa shape index (κ2) is 11.1. The van der Waals surface area contributed by atoms with Gasteiger partial charge in [0.1, 0.15) is 5.75 Å². The molecule has 2 aromatic rings. The average Bonchev–Trinajstić information content (AvgIpc) is 2.82. The van der Waals surface area contributed by atoms with E-state index < -0.39 is 5.91 Å². The van der Waals surface area contributed by atoms with E-state index in [9.17, 15) is 14.4 Å². The molecule has 1 aliphatic heterocycles. The fraction of sp³-hybridized carbons (Fsp3) is 0.320. The highest BCUT2D eigenvalue weighted by molar-refractivity contribution is 5.92. The van der Waals surface area contributed by atoms with Crippen LogP contribution in [0.2, 0.25) is 0 Å². The molecule has 0 bridgehead atoms. The smallest absolute Gasteiger partial charge is 0.276 e. The van der Waals surface area contributed by atoms with Crippen molar-refractivity contribution >= 4 is 23.8 Å². The van der Waals surface area contributed by atoms with Gasteiger partial charge in [-0.3, -0.25) is 25.2 Å². The first-order valence-corrected chi connectivity index (χ1v) is 10.7. The fourth-order valence-corrected chi connectivity index (χ4v) is 3.42. The minimum absolute atomic E-state index is 0.0653. The summed E-state index contributed by atoms with van der Waals surface area (Å²) in [5, 5.41) is 0. The molecule has 0 unspecified atom stereocenters. The van der Waals surface area contributed by atoms with Crippen molar-refractivity contribution in [1.29, 1.82) is 0 Å². The average molecular weight is 436 g/mol. The van der Waals surface area contributed by atoms with E-state index in [0.29, 0.717) is 31.7 Å². The predicted octanol–water partition coefficient (Wildman–Crippen LogP) is 2.78. The van der Waals surface area contributed by atoms with Crippen molar-refractivity contribution in [2.45, 2.75) is 26.7 Å². The third-order valence-electron chi connectivity index (χ3n) is 5.57. The minimum atomic E-state index is -0.435. The molecule has 0 radical (unpaired) electrons. The van der Waals surface area contributed by atoms with Gasteiger partial charge >= 0.3 is 0 Å². The van der Waals surface area contributed by atoms with Gasteiger partial charge in [-0.1, -0.05) is 36.4 Å². The number of hydrogen-bond acceptors (Lipinski definition) is 4. The normalized spacial score (nSPS) is 14.2. The van der Waals surface area contributed by atoms with E-state index in [4.69, 9.17) is 4.74 Å². The van der Waals surface area contributed by atoms with E-state index in [0.717, 1.165) is 16.7 Å². The first-order chi connectivity index (χ1) is 15.4. The van der Waals surface area contributed by atoms with Crippen molar-refractivity contribution in [3.05, 3.63) is 71.3 Å². The van der Waals surface area contributed by atoms with Crippen molar-refractivity contribution in [3.8, 4) is 5.75 Å². The zero-order valence-electron chi connectivity index (χ0n) is 18.5. The summed E-state index contributed by atoms with van der Waals surface area (Å²) in [6.45, 7) is 4.79. The highest BCUT2D eigenvalue weighted by Gasteiger charge is 2.26. The summed E-state index contributed by atoms with van der Waals surface area (Å²) in [6, 6.07) is 15.2. The van der Waals surface area contributed by atoms with Crippen molar-refractivity contribution in [2.75, 3.05) is 19.7 Å². The standard InChI is InChI=1S/C25H29N3O4/c1-18-8-10-22(16-19(18)2)32-17-23(29)26-27-25(31)21-12-14-28(15-13-21)24(30)11-9-20-6-4-3-5-7-20/h3-11,16,21H,12-15,17H2,1-2H3,(H,26,29)(H,27,31)/b11-9+. The Bertz CT molecular complexity index is 980. The van der Waals surface area contributed by atoms with Crippen molar-refractivity contribution < 1.29 is 19.1 Å². The molecule has 7 heteroatoms. The lowest BCUT2D eigenvalue weighted by Crippen LogP contribution is -2.49. The van der Waals surface area contributed by atoms with Gasteiger partial charge in [-0.15, -0.1) is 0 Å². The Kier molecular flexibility index (Phi) is 8.02. The molecular formula is C25H29N3O4. The lowest BCUT2D eigenvalue weighted by Gasteiger charge is -2.30. The number of carbonyl (C=O) groups is 3. The zero-order chi connectivity index (χ0) is 22.9. The summed E-state index contributed by atoms with van der Waals surface area (Å²) in [7, 11) is 0. The quantitative estimate of drug-likeness (QED) is 0.540. The van der Waals surface area contributed by atoms with Crippen molar-refractivity contribution in [3.63, 3.8) is 0 Å². The van der Waals surface area contributed by atoms with Crippen LogP contribution in [0.15, 0.2) is 54.6 Å². The van der Waals surface area contributed by atoms with Gasteiger partial charge < -0.3 is 9.64 Å². The molecule has 0 spiro atoms. The maximum Gasteiger partial charge on any atom is 0.276 e. The molecule has 0 atom stereocenters. The summed E-state index contributed by atoms with van der Waals surface area (Å²) in [5.41, 5.74) is 8.05. The summed E-state index contributed by atoms with van der Waals surface area (Å²) >= 11 is 0. The van der Waals surface area contributed by atoms with Crippen molar-refractivity contribution in [2.24, 2.45) is 5.92 Å². The lowest BCUT2D eigenvalue weighted by atomic mass is 9.96. The number of hydrogen-bond donors (Lipinski definition) is 2. The Morgan fingerprint density at radius 2 is 1.72 bits per heavy atom. The van der Waals surface area contributed by atoms with E-state index in [2.05, 4.69) is 10.9 Å². The first-order valence-electron chi connectivity index (χ1n) is 10.7. The number of ether oxygens (including phenoxy) is 1. The molecule has 1 heterocycles. The predicted molar refractivity (Wildman–Crippen MR) is 122 cm³/mol. The van der Waals surface area contributed by atoms with Crippen LogP contribution in [0.1, 0.15) is 29.5 Å². The van der Waals surface area contributed by atoms with Crippen LogP contribution in [0.3, 0.4) is 0 Å². The Morgan fingerprint density at radius 3 is 2.41 bits per heavy atom. The monoisotopic (exact) mass is 435 g/mol. The number of hydrazine groups is 1. The van der Waals surface area contributed by atoms with Gasteiger partial charge in [0.05, 0.1) is 0 Å². The van der Waals surface area contributed by atoms with Gasteiger partial charge in [0.25, 0.3) is 5.91 Å². The number of rotatable bonds is 6. The Morgan fingerprint density at radius 1 is 1.00 bits per heavy atom. The number of carbonyl (C=O) groups excluding carboxylic acids is 3. The molecule has 3 amide bonds. The number of benzene rings is 2. The maximum absolute atomic E-state index is 12.4. The first kappa shape index (κ1) is 23.1. The third-order valence-corrected chi connectivity index (χ3v) is 5.57. The largest absolute Gasteiger partial charge is 0.484 e. The van der Waals surface area contributed by atoms with Gasteiger partial charge in [0.15, 0.2) is 6.61 Å². The van der Waals surface area contributed by atoms with Crippen LogP contribution in [0.4, 0.5) is 0 Å². The molecule has 0 aliphatic carbocycles. The lowest BCUT2D eigenvalue weighted by molar-refractivity contribution is -0.134. The molecule has 2 aromatic carbocycles. The Labute approximate surface area is 188 Å². The molecule has 2 N–H and O–H groups in total. The minimum Gasteiger partial charge on any atom is -0.484 e. The highest BCUT2D eigenvalue weighted by atomic mass is 16.5. The molecule has 1 fully saturated rings. The summed E-state index contributed by atoms with van der Waals surface area (Å²) < 4.78 is 5.46. The number of nitrogens with one attached hydrogen (secondary N) is 2. The second-order valence-electron chi connectivity index (χ2n) is 7.92. The van der Waals surface area contributed by atoms with Crippen LogP contribution in [0, 0.1) is 19.8 Å². The van der Waals surface area contributed by atoms with E-state index >= 15 is 0 Å². The molecule has 1 aliphatic rings. The Balaban J connectivity index is 1.36. The molecule has 0 aromatic heterocycles. The number of aryl methyl sites for hydroxylation is 2. The topological polar surface area (TPSA) is 87.7 Å². The molecule has 0 saturated carbocycles. The molecule has 32 heavy (non-hydrogen) atoms. The molecular weight excluding hydrogens is 406 g/mol.